The van der Waals surface area contributed by atoms with E-state index in [0.717, 1.165) is 51.5 Å². The summed E-state index contributed by atoms with van der Waals surface area (Å²) in [6.45, 7) is -5.78. The van der Waals surface area contributed by atoms with Gasteiger partial charge in [-0.2, -0.15) is 0 Å². The van der Waals surface area contributed by atoms with Crippen LogP contribution >= 0.6 is 22.7 Å². The number of aromatic nitrogens is 3. The Morgan fingerprint density at radius 2 is 1.02 bits per heavy atom. The van der Waals surface area contributed by atoms with Crippen molar-refractivity contribution in [3.05, 3.63) is 139 Å². The molecule has 222 valence electrons. The number of nitrogens with zero attached hydrogens (tertiary/aromatic N) is 3. The molecule has 0 bridgehead atoms. The van der Waals surface area contributed by atoms with Crippen molar-refractivity contribution in [1.29, 1.82) is 0 Å². The van der Waals surface area contributed by atoms with E-state index < -0.39 is 19.1 Å². The molecule has 47 heavy (non-hydrogen) atoms. The van der Waals surface area contributed by atoms with Crippen LogP contribution in [0.1, 0.15) is 33.1 Å². The smallest absolute Gasteiger partial charge is 0.165 e. The predicted molar refractivity (Wildman–Crippen MR) is 199 cm³/mol. The van der Waals surface area contributed by atoms with E-state index in [1.165, 1.54) is 0 Å². The third kappa shape index (κ3) is 3.87. The SMILES string of the molecule is [2H]C([2H])([2H])C1(C([2H])([2H])[2H])c2ccccc2-c2c(-c3nc(-c4cccc5c4sc4ccccc45)nc(-c4cccc5sc6ccccc6c45)n3)cccc21. The van der Waals surface area contributed by atoms with Crippen molar-refractivity contribution in [2.75, 3.05) is 0 Å². The first-order chi connectivity index (χ1) is 25.6. The highest BCUT2D eigenvalue weighted by Crippen LogP contribution is 2.52. The van der Waals surface area contributed by atoms with Crippen LogP contribution in [-0.4, -0.2) is 15.0 Å². The van der Waals surface area contributed by atoms with E-state index in [0.29, 0.717) is 34.2 Å². The van der Waals surface area contributed by atoms with Crippen molar-refractivity contribution in [1.82, 2.24) is 15.0 Å². The Kier molecular flexibility index (Phi) is 4.53. The Bertz CT molecular complexity index is 2950. The lowest BCUT2D eigenvalue weighted by atomic mass is 9.82. The van der Waals surface area contributed by atoms with E-state index in [1.807, 2.05) is 60.7 Å². The summed E-state index contributed by atoms with van der Waals surface area (Å²) in [5, 5.41) is 4.41. The molecule has 5 heteroatoms. The summed E-state index contributed by atoms with van der Waals surface area (Å²) >= 11 is 3.40. The van der Waals surface area contributed by atoms with Gasteiger partial charge in [0.15, 0.2) is 17.5 Å². The van der Waals surface area contributed by atoms with Gasteiger partial charge in [-0.05, 0) is 46.5 Å². The lowest BCUT2D eigenvalue weighted by Gasteiger charge is -2.21. The van der Waals surface area contributed by atoms with Crippen molar-refractivity contribution < 1.29 is 8.22 Å². The van der Waals surface area contributed by atoms with Gasteiger partial charge in [-0.1, -0.05) is 117 Å². The molecular weight excluding hydrogens is 611 g/mol. The van der Waals surface area contributed by atoms with Gasteiger partial charge in [0.1, 0.15) is 0 Å². The quantitative estimate of drug-likeness (QED) is 0.192. The summed E-state index contributed by atoms with van der Waals surface area (Å²) in [4.78, 5) is 15.6. The second-order valence-electron chi connectivity index (χ2n) is 11.9. The molecule has 1 aliphatic carbocycles. The molecule has 1 aliphatic rings. The summed E-state index contributed by atoms with van der Waals surface area (Å²) < 4.78 is 56.9. The summed E-state index contributed by atoms with van der Waals surface area (Å²) in [6, 6.07) is 41.1. The third-order valence-electron chi connectivity index (χ3n) is 9.23. The topological polar surface area (TPSA) is 38.7 Å². The number of thiophene rings is 2. The van der Waals surface area contributed by atoms with E-state index in [1.54, 1.807) is 53.0 Å². The van der Waals surface area contributed by atoms with Gasteiger partial charge in [-0.25, -0.2) is 15.0 Å². The van der Waals surface area contributed by atoms with Gasteiger partial charge in [0.05, 0.1) is 0 Å². The molecule has 0 unspecified atom stereocenters. The summed E-state index contributed by atoms with van der Waals surface area (Å²) in [5.74, 6) is 1.28. The van der Waals surface area contributed by atoms with Gasteiger partial charge in [-0.15, -0.1) is 22.7 Å². The lowest BCUT2D eigenvalue weighted by molar-refractivity contribution is 0.660. The lowest BCUT2D eigenvalue weighted by Crippen LogP contribution is -2.14. The maximum atomic E-state index is 8.75. The first kappa shape index (κ1) is 21.5. The Morgan fingerprint density at radius 1 is 0.468 bits per heavy atom. The molecule has 10 rings (SSSR count). The van der Waals surface area contributed by atoms with E-state index in [2.05, 4.69) is 36.4 Å². The second kappa shape index (κ2) is 9.88. The zero-order chi connectivity index (χ0) is 36.3. The van der Waals surface area contributed by atoms with Crippen LogP contribution in [-0.2, 0) is 5.41 Å². The van der Waals surface area contributed by atoms with Crippen molar-refractivity contribution in [3.63, 3.8) is 0 Å². The summed E-state index contributed by atoms with van der Waals surface area (Å²) in [6.07, 6.45) is 0. The molecule has 0 N–H and O–H groups in total. The molecule has 0 radical (unpaired) electrons. The number of rotatable bonds is 3. The van der Waals surface area contributed by atoms with E-state index >= 15 is 0 Å². The molecule has 0 amide bonds. The maximum Gasteiger partial charge on any atom is 0.165 e. The third-order valence-corrected chi connectivity index (χ3v) is 11.6. The molecule has 6 aromatic carbocycles. The largest absolute Gasteiger partial charge is 0.208 e. The standard InChI is InChI=1S/C42H27N3S2/c1-42(2)31-19-6-3-13-26(31)36-28(16-10-20-32(36)42)39-43-40(29-17-11-23-35-37(29)27-14-5-8-22-34(27)46-35)45-41(44-39)30-18-9-15-25-24-12-4-7-21-33(24)47-38(25)30/h3-23H,1-2H3/i1D3,2D3. The van der Waals surface area contributed by atoms with Gasteiger partial charge in [0.25, 0.3) is 0 Å². The maximum absolute atomic E-state index is 8.75. The van der Waals surface area contributed by atoms with Crippen molar-refractivity contribution in [2.45, 2.75) is 19.1 Å². The van der Waals surface area contributed by atoms with E-state index in [-0.39, 0.29) is 11.1 Å². The fraction of sp³-hybridized carbons (Fsp3) is 0.0714. The van der Waals surface area contributed by atoms with Gasteiger partial charge in [0.2, 0.25) is 0 Å². The van der Waals surface area contributed by atoms with Gasteiger partial charge in [0, 0.05) is 70.7 Å². The Morgan fingerprint density at radius 3 is 1.87 bits per heavy atom. The monoisotopic (exact) mass is 643 g/mol. The predicted octanol–water partition coefficient (Wildman–Crippen LogP) is 11.9. The zero-order valence-electron chi connectivity index (χ0n) is 30.8. The molecule has 0 saturated heterocycles. The molecule has 0 aliphatic heterocycles. The van der Waals surface area contributed by atoms with Crippen molar-refractivity contribution >= 4 is 63.0 Å². The normalized spacial score (nSPS) is 15.9. The van der Waals surface area contributed by atoms with Gasteiger partial charge < -0.3 is 0 Å². The number of benzene rings is 6. The Labute approximate surface area is 288 Å². The van der Waals surface area contributed by atoms with Crippen LogP contribution in [0.3, 0.4) is 0 Å². The summed E-state index contributed by atoms with van der Waals surface area (Å²) in [5.41, 5.74) is 1.53. The highest BCUT2D eigenvalue weighted by molar-refractivity contribution is 7.26. The molecule has 3 aromatic heterocycles. The van der Waals surface area contributed by atoms with Gasteiger partial charge >= 0.3 is 0 Å². The van der Waals surface area contributed by atoms with Crippen molar-refractivity contribution in [3.8, 4) is 45.3 Å². The molecule has 0 fully saturated rings. The minimum atomic E-state index is -2.89. The highest BCUT2D eigenvalue weighted by Gasteiger charge is 2.37. The Hall–Kier alpha value is -5.23. The fourth-order valence-electron chi connectivity index (χ4n) is 7.14. The van der Waals surface area contributed by atoms with E-state index in [9.17, 15) is 0 Å². The molecule has 3 nitrogen and oxygen atoms in total. The molecule has 0 saturated carbocycles. The van der Waals surface area contributed by atoms with Crippen LogP contribution in [0.25, 0.3) is 85.6 Å². The molecule has 0 atom stereocenters. The van der Waals surface area contributed by atoms with Crippen LogP contribution in [0.2, 0.25) is 0 Å². The Balaban J connectivity index is 1.31. The van der Waals surface area contributed by atoms with Crippen LogP contribution in [0.4, 0.5) is 0 Å². The summed E-state index contributed by atoms with van der Waals surface area (Å²) in [7, 11) is 0. The second-order valence-corrected chi connectivity index (χ2v) is 14.0. The van der Waals surface area contributed by atoms with Crippen LogP contribution in [0.5, 0.6) is 0 Å². The van der Waals surface area contributed by atoms with Crippen LogP contribution in [0.15, 0.2) is 127 Å². The average molecular weight is 644 g/mol. The first-order valence-corrected chi connectivity index (χ1v) is 17.0. The minimum absolute atomic E-state index is 0.220. The molecule has 3 heterocycles. The molecular formula is C42H27N3S2. The molecule has 0 spiro atoms. The first-order valence-electron chi connectivity index (χ1n) is 18.4. The van der Waals surface area contributed by atoms with Gasteiger partial charge in [-0.3, -0.25) is 0 Å². The van der Waals surface area contributed by atoms with Crippen LogP contribution in [0, 0.1) is 0 Å². The van der Waals surface area contributed by atoms with E-state index in [4.69, 9.17) is 23.2 Å². The zero-order valence-corrected chi connectivity index (χ0v) is 26.4. The van der Waals surface area contributed by atoms with Crippen molar-refractivity contribution in [2.24, 2.45) is 0 Å². The number of hydrogen-bond acceptors (Lipinski definition) is 5. The minimum Gasteiger partial charge on any atom is -0.208 e. The number of fused-ring (bicyclic) bond motifs is 9. The fourth-order valence-corrected chi connectivity index (χ4v) is 9.48. The average Bonchev–Trinajstić information content (AvgIpc) is 3.82. The highest BCUT2D eigenvalue weighted by atomic mass is 32.1. The van der Waals surface area contributed by atoms with Crippen LogP contribution < -0.4 is 0 Å². The number of hydrogen-bond donors (Lipinski definition) is 0. The molecule has 9 aromatic rings.